The summed E-state index contributed by atoms with van der Waals surface area (Å²) < 4.78 is 16.3. The van der Waals surface area contributed by atoms with Gasteiger partial charge in [0.1, 0.15) is 5.75 Å². The van der Waals surface area contributed by atoms with Gasteiger partial charge in [-0.1, -0.05) is 42.5 Å². The molecule has 0 aliphatic heterocycles. The van der Waals surface area contributed by atoms with Crippen LogP contribution in [-0.2, 0) is 4.79 Å². The number of hydrogen-bond donors (Lipinski definition) is 1. The minimum absolute atomic E-state index is 0.0500. The van der Waals surface area contributed by atoms with Crippen LogP contribution < -0.4 is 19.5 Å². The number of amides is 1. The van der Waals surface area contributed by atoms with E-state index in [4.69, 9.17) is 14.2 Å². The maximum Gasteiger partial charge on any atom is 0.258 e. The molecule has 140 valence electrons. The maximum absolute atomic E-state index is 12.3. The predicted molar refractivity (Wildman–Crippen MR) is 106 cm³/mol. The number of fused-ring (bicyclic) bond motifs is 1. The number of methoxy groups -OCH3 is 2. The maximum atomic E-state index is 12.3. The lowest BCUT2D eigenvalue weighted by Crippen LogP contribution is -2.31. The van der Waals surface area contributed by atoms with Crippen molar-refractivity contribution in [2.75, 3.05) is 20.8 Å². The zero-order chi connectivity index (χ0) is 19.2. The Hall–Kier alpha value is -3.21. The van der Waals surface area contributed by atoms with Gasteiger partial charge in [0, 0.05) is 5.39 Å². The summed E-state index contributed by atoms with van der Waals surface area (Å²) in [6, 6.07) is 19.1. The summed E-state index contributed by atoms with van der Waals surface area (Å²) in [5.41, 5.74) is 0.922. The van der Waals surface area contributed by atoms with Gasteiger partial charge in [-0.2, -0.15) is 0 Å². The molecule has 0 fully saturated rings. The molecular formula is C22H23NO4. The molecule has 0 bridgehead atoms. The van der Waals surface area contributed by atoms with E-state index in [9.17, 15) is 4.79 Å². The fourth-order valence-electron chi connectivity index (χ4n) is 2.95. The molecule has 0 saturated heterocycles. The van der Waals surface area contributed by atoms with Gasteiger partial charge in [-0.3, -0.25) is 4.79 Å². The van der Waals surface area contributed by atoms with Gasteiger partial charge in [-0.05, 0) is 36.1 Å². The van der Waals surface area contributed by atoms with Gasteiger partial charge >= 0.3 is 0 Å². The summed E-state index contributed by atoms with van der Waals surface area (Å²) in [5, 5.41) is 5.01. The third-order valence-corrected chi connectivity index (χ3v) is 4.39. The van der Waals surface area contributed by atoms with E-state index in [2.05, 4.69) is 5.32 Å². The van der Waals surface area contributed by atoms with E-state index >= 15 is 0 Å². The van der Waals surface area contributed by atoms with Gasteiger partial charge in [-0.25, -0.2) is 0 Å². The lowest BCUT2D eigenvalue weighted by molar-refractivity contribution is -0.123. The average molecular weight is 365 g/mol. The largest absolute Gasteiger partial charge is 0.493 e. The Kier molecular flexibility index (Phi) is 5.81. The summed E-state index contributed by atoms with van der Waals surface area (Å²) >= 11 is 0. The first-order chi connectivity index (χ1) is 13.1. The van der Waals surface area contributed by atoms with Crippen LogP contribution in [0.5, 0.6) is 17.2 Å². The Bertz CT molecular complexity index is 933. The van der Waals surface area contributed by atoms with Crippen LogP contribution in [0.2, 0.25) is 0 Å². The topological polar surface area (TPSA) is 56.8 Å². The monoisotopic (exact) mass is 365 g/mol. The molecule has 3 aromatic carbocycles. The first kappa shape index (κ1) is 18.6. The van der Waals surface area contributed by atoms with Crippen molar-refractivity contribution in [2.24, 2.45) is 0 Å². The third-order valence-electron chi connectivity index (χ3n) is 4.39. The number of benzene rings is 3. The van der Waals surface area contributed by atoms with Crippen LogP contribution in [0.4, 0.5) is 0 Å². The minimum Gasteiger partial charge on any atom is -0.493 e. The van der Waals surface area contributed by atoms with Crippen LogP contribution in [0.25, 0.3) is 10.8 Å². The fraction of sp³-hybridized carbons (Fsp3) is 0.227. The van der Waals surface area contributed by atoms with Crippen molar-refractivity contribution in [2.45, 2.75) is 13.0 Å². The summed E-state index contributed by atoms with van der Waals surface area (Å²) in [4.78, 5) is 12.3. The smallest absolute Gasteiger partial charge is 0.258 e. The second kappa shape index (κ2) is 8.45. The second-order valence-electron chi connectivity index (χ2n) is 6.17. The van der Waals surface area contributed by atoms with E-state index in [-0.39, 0.29) is 18.6 Å². The summed E-state index contributed by atoms with van der Waals surface area (Å²) in [5.74, 6) is 1.79. The van der Waals surface area contributed by atoms with Gasteiger partial charge < -0.3 is 19.5 Å². The normalized spacial score (nSPS) is 11.7. The Morgan fingerprint density at radius 3 is 2.44 bits per heavy atom. The highest BCUT2D eigenvalue weighted by Crippen LogP contribution is 2.30. The zero-order valence-electron chi connectivity index (χ0n) is 15.7. The molecule has 5 nitrogen and oxygen atoms in total. The van der Waals surface area contributed by atoms with Crippen molar-refractivity contribution in [1.29, 1.82) is 0 Å². The molecule has 0 aliphatic rings. The van der Waals surface area contributed by atoms with E-state index in [0.717, 1.165) is 16.3 Å². The molecule has 0 spiro atoms. The van der Waals surface area contributed by atoms with E-state index < -0.39 is 0 Å². The van der Waals surface area contributed by atoms with Crippen LogP contribution in [0.3, 0.4) is 0 Å². The van der Waals surface area contributed by atoms with Crippen LogP contribution >= 0.6 is 0 Å². The molecule has 0 aliphatic carbocycles. The molecule has 0 saturated carbocycles. The molecule has 0 aromatic heterocycles. The van der Waals surface area contributed by atoms with Gasteiger partial charge in [0.25, 0.3) is 5.91 Å². The first-order valence-electron chi connectivity index (χ1n) is 8.74. The van der Waals surface area contributed by atoms with Crippen molar-refractivity contribution < 1.29 is 19.0 Å². The molecular weight excluding hydrogens is 342 g/mol. The summed E-state index contributed by atoms with van der Waals surface area (Å²) in [6.07, 6.45) is 0. The van der Waals surface area contributed by atoms with Crippen LogP contribution in [0.15, 0.2) is 60.7 Å². The lowest BCUT2D eigenvalue weighted by Gasteiger charge is -2.17. The molecule has 0 heterocycles. The van der Waals surface area contributed by atoms with E-state index in [1.165, 1.54) is 0 Å². The molecule has 0 radical (unpaired) electrons. The Balaban J connectivity index is 1.63. The number of carbonyl (C=O) groups is 1. The highest BCUT2D eigenvalue weighted by atomic mass is 16.5. The quantitative estimate of drug-likeness (QED) is 0.684. The molecule has 27 heavy (non-hydrogen) atoms. The SMILES string of the molecule is COc1ccc([C@H](C)NC(=O)COc2cccc3ccccc23)cc1OC. The van der Waals surface area contributed by atoms with Crippen LogP contribution in [-0.4, -0.2) is 26.7 Å². The zero-order valence-corrected chi connectivity index (χ0v) is 15.7. The van der Waals surface area contributed by atoms with Gasteiger partial charge in [0.05, 0.1) is 20.3 Å². The Morgan fingerprint density at radius 1 is 0.926 bits per heavy atom. The standard InChI is InChI=1S/C22H23NO4/c1-15(17-11-12-20(25-2)21(13-17)26-3)23-22(24)14-27-19-10-6-8-16-7-4-5-9-18(16)19/h4-13,15H,14H2,1-3H3,(H,23,24)/t15-/m0/s1. The van der Waals surface area contributed by atoms with Crippen molar-refractivity contribution in [1.82, 2.24) is 5.32 Å². The van der Waals surface area contributed by atoms with Gasteiger partial charge in [0.15, 0.2) is 18.1 Å². The molecule has 3 rings (SSSR count). The number of ether oxygens (including phenoxy) is 3. The highest BCUT2D eigenvalue weighted by Gasteiger charge is 2.13. The Morgan fingerprint density at radius 2 is 1.67 bits per heavy atom. The second-order valence-corrected chi connectivity index (χ2v) is 6.17. The highest BCUT2D eigenvalue weighted by molar-refractivity contribution is 5.88. The van der Waals surface area contributed by atoms with Crippen LogP contribution in [0, 0.1) is 0 Å². The van der Waals surface area contributed by atoms with Crippen molar-refractivity contribution >= 4 is 16.7 Å². The van der Waals surface area contributed by atoms with Crippen LogP contribution in [0.1, 0.15) is 18.5 Å². The third kappa shape index (κ3) is 4.31. The molecule has 0 unspecified atom stereocenters. The summed E-state index contributed by atoms with van der Waals surface area (Å²) in [6.45, 7) is 1.86. The van der Waals surface area contributed by atoms with Crippen molar-refractivity contribution in [3.05, 3.63) is 66.2 Å². The minimum atomic E-state index is -0.190. The van der Waals surface area contributed by atoms with Gasteiger partial charge in [-0.15, -0.1) is 0 Å². The molecule has 1 amide bonds. The first-order valence-corrected chi connectivity index (χ1v) is 8.74. The van der Waals surface area contributed by atoms with E-state index in [1.807, 2.05) is 67.6 Å². The number of carbonyl (C=O) groups excluding carboxylic acids is 1. The molecule has 5 heteroatoms. The lowest BCUT2D eigenvalue weighted by atomic mass is 10.1. The summed E-state index contributed by atoms with van der Waals surface area (Å²) in [7, 11) is 3.18. The molecule has 3 aromatic rings. The van der Waals surface area contributed by atoms with Gasteiger partial charge in [0.2, 0.25) is 0 Å². The fourth-order valence-corrected chi connectivity index (χ4v) is 2.95. The van der Waals surface area contributed by atoms with E-state index in [0.29, 0.717) is 17.2 Å². The Labute approximate surface area is 158 Å². The average Bonchev–Trinajstić information content (AvgIpc) is 2.71. The number of hydrogen-bond acceptors (Lipinski definition) is 4. The van der Waals surface area contributed by atoms with Crippen molar-refractivity contribution in [3.63, 3.8) is 0 Å². The number of rotatable bonds is 7. The van der Waals surface area contributed by atoms with Crippen molar-refractivity contribution in [3.8, 4) is 17.2 Å². The predicted octanol–water partition coefficient (Wildman–Crippen LogP) is 4.11. The molecule has 1 atom stereocenters. The van der Waals surface area contributed by atoms with E-state index in [1.54, 1.807) is 14.2 Å². The molecule has 1 N–H and O–H groups in total. The number of nitrogens with one attached hydrogen (secondary N) is 1.